The molecule has 0 saturated carbocycles. The highest BCUT2D eigenvalue weighted by atomic mass is 16.4. The van der Waals surface area contributed by atoms with Gasteiger partial charge in [0, 0.05) is 24.9 Å². The molecule has 0 spiro atoms. The largest absolute Gasteiger partial charge is 0.478 e. The molecule has 1 aliphatic rings. The summed E-state index contributed by atoms with van der Waals surface area (Å²) >= 11 is 0. The number of carboxylic acids is 1. The van der Waals surface area contributed by atoms with Gasteiger partial charge < -0.3 is 15.3 Å². The van der Waals surface area contributed by atoms with Crippen LogP contribution in [0.2, 0.25) is 0 Å². The first kappa shape index (κ1) is 18.0. The summed E-state index contributed by atoms with van der Waals surface area (Å²) in [5.41, 5.74) is 1.17. The smallest absolute Gasteiger partial charge is 0.337 e. The zero-order valence-corrected chi connectivity index (χ0v) is 14.3. The summed E-state index contributed by atoms with van der Waals surface area (Å²) in [5, 5.41) is 12.0. The van der Waals surface area contributed by atoms with Crippen LogP contribution in [0, 0.1) is 18.8 Å². The summed E-state index contributed by atoms with van der Waals surface area (Å²) in [6, 6.07) is 4.91. The topological polar surface area (TPSA) is 86.7 Å². The standard InChI is InChI=1S/C18H24N2O4/c1-11(2)17(22)20-9-7-13(8-10-20)16(21)19-15-12(3)5-4-6-14(15)18(23)24/h4-6,11,13H,7-10H2,1-3H3,(H,19,21)(H,23,24). The molecule has 0 atom stereocenters. The average molecular weight is 332 g/mol. The van der Waals surface area contributed by atoms with E-state index in [0.29, 0.717) is 31.6 Å². The Kier molecular flexibility index (Phi) is 5.59. The maximum Gasteiger partial charge on any atom is 0.337 e. The van der Waals surface area contributed by atoms with E-state index in [9.17, 15) is 19.5 Å². The van der Waals surface area contributed by atoms with E-state index in [1.807, 2.05) is 13.8 Å². The molecule has 24 heavy (non-hydrogen) atoms. The molecule has 1 aliphatic heterocycles. The first-order chi connectivity index (χ1) is 11.3. The third kappa shape index (κ3) is 3.93. The molecular formula is C18H24N2O4. The number of carbonyl (C=O) groups excluding carboxylic acids is 2. The number of benzene rings is 1. The van der Waals surface area contributed by atoms with E-state index in [4.69, 9.17) is 0 Å². The third-order valence-electron chi connectivity index (χ3n) is 4.42. The second-order valence-corrected chi connectivity index (χ2v) is 6.55. The van der Waals surface area contributed by atoms with Crippen LogP contribution in [0.5, 0.6) is 0 Å². The van der Waals surface area contributed by atoms with Gasteiger partial charge in [0.2, 0.25) is 11.8 Å². The van der Waals surface area contributed by atoms with Gasteiger partial charge in [-0.25, -0.2) is 4.79 Å². The van der Waals surface area contributed by atoms with Crippen LogP contribution < -0.4 is 5.32 Å². The van der Waals surface area contributed by atoms with Crippen LogP contribution in [0.4, 0.5) is 5.69 Å². The number of hydrogen-bond donors (Lipinski definition) is 2. The van der Waals surface area contributed by atoms with E-state index in [-0.39, 0.29) is 29.2 Å². The molecule has 1 saturated heterocycles. The molecule has 1 fully saturated rings. The van der Waals surface area contributed by atoms with Gasteiger partial charge in [-0.1, -0.05) is 26.0 Å². The molecule has 0 aromatic heterocycles. The lowest BCUT2D eigenvalue weighted by Crippen LogP contribution is -2.43. The van der Waals surface area contributed by atoms with Crippen molar-refractivity contribution in [2.24, 2.45) is 11.8 Å². The minimum Gasteiger partial charge on any atom is -0.478 e. The lowest BCUT2D eigenvalue weighted by atomic mass is 9.94. The summed E-state index contributed by atoms with van der Waals surface area (Å²) in [4.78, 5) is 37.6. The number of amides is 2. The van der Waals surface area contributed by atoms with Crippen molar-refractivity contribution in [3.63, 3.8) is 0 Å². The number of nitrogens with zero attached hydrogens (tertiary/aromatic N) is 1. The number of carbonyl (C=O) groups is 3. The Morgan fingerprint density at radius 1 is 1.21 bits per heavy atom. The fourth-order valence-corrected chi connectivity index (χ4v) is 2.96. The highest BCUT2D eigenvalue weighted by Crippen LogP contribution is 2.24. The molecule has 0 bridgehead atoms. The van der Waals surface area contributed by atoms with Crippen molar-refractivity contribution in [3.05, 3.63) is 29.3 Å². The molecule has 2 rings (SSSR count). The van der Waals surface area contributed by atoms with Gasteiger partial charge in [-0.3, -0.25) is 9.59 Å². The monoisotopic (exact) mass is 332 g/mol. The van der Waals surface area contributed by atoms with Crippen LogP contribution >= 0.6 is 0 Å². The predicted molar refractivity (Wildman–Crippen MR) is 90.9 cm³/mol. The molecule has 0 unspecified atom stereocenters. The first-order valence-electron chi connectivity index (χ1n) is 8.23. The molecule has 2 N–H and O–H groups in total. The Labute approximate surface area is 141 Å². The quantitative estimate of drug-likeness (QED) is 0.887. The molecule has 1 heterocycles. The van der Waals surface area contributed by atoms with Crippen molar-refractivity contribution in [1.29, 1.82) is 0 Å². The van der Waals surface area contributed by atoms with Crippen LogP contribution in [0.1, 0.15) is 42.6 Å². The van der Waals surface area contributed by atoms with E-state index < -0.39 is 5.97 Å². The van der Waals surface area contributed by atoms with Gasteiger partial charge in [0.05, 0.1) is 11.3 Å². The Morgan fingerprint density at radius 3 is 2.38 bits per heavy atom. The Morgan fingerprint density at radius 2 is 1.83 bits per heavy atom. The van der Waals surface area contributed by atoms with Gasteiger partial charge in [0.25, 0.3) is 0 Å². The van der Waals surface area contributed by atoms with E-state index in [0.717, 1.165) is 5.56 Å². The second kappa shape index (κ2) is 7.47. The summed E-state index contributed by atoms with van der Waals surface area (Å²) in [5.74, 6) is -1.38. The van der Waals surface area contributed by atoms with Crippen molar-refractivity contribution < 1.29 is 19.5 Å². The second-order valence-electron chi connectivity index (χ2n) is 6.55. The number of piperidine rings is 1. The highest BCUT2D eigenvalue weighted by Gasteiger charge is 2.29. The molecular weight excluding hydrogens is 308 g/mol. The highest BCUT2D eigenvalue weighted by molar-refractivity contribution is 6.02. The van der Waals surface area contributed by atoms with Crippen LogP contribution in [-0.2, 0) is 9.59 Å². The fraction of sp³-hybridized carbons (Fsp3) is 0.500. The molecule has 0 aliphatic carbocycles. The Bertz CT molecular complexity index is 646. The summed E-state index contributed by atoms with van der Waals surface area (Å²) in [6.45, 7) is 6.63. The maximum absolute atomic E-state index is 12.5. The minimum absolute atomic E-state index is 0.0412. The van der Waals surface area contributed by atoms with Gasteiger partial charge in [0.15, 0.2) is 0 Å². The lowest BCUT2D eigenvalue weighted by molar-refractivity contribution is -0.137. The molecule has 0 radical (unpaired) electrons. The van der Waals surface area contributed by atoms with Gasteiger partial charge in [-0.05, 0) is 31.4 Å². The summed E-state index contributed by atoms with van der Waals surface area (Å²) in [7, 11) is 0. The van der Waals surface area contributed by atoms with E-state index in [1.54, 1.807) is 24.0 Å². The SMILES string of the molecule is Cc1cccc(C(=O)O)c1NC(=O)C1CCN(C(=O)C(C)C)CC1. The number of rotatable bonds is 4. The lowest BCUT2D eigenvalue weighted by Gasteiger charge is -2.32. The van der Waals surface area contributed by atoms with Gasteiger partial charge in [-0.15, -0.1) is 0 Å². The number of para-hydroxylation sites is 1. The molecule has 1 aromatic carbocycles. The third-order valence-corrected chi connectivity index (χ3v) is 4.42. The van der Waals surface area contributed by atoms with Gasteiger partial charge in [0.1, 0.15) is 0 Å². The molecule has 1 aromatic rings. The molecule has 130 valence electrons. The number of carboxylic acid groups (broad SMARTS) is 1. The predicted octanol–water partition coefficient (Wildman–Crippen LogP) is 2.53. The number of anilines is 1. The van der Waals surface area contributed by atoms with Gasteiger partial charge >= 0.3 is 5.97 Å². The number of hydrogen-bond acceptors (Lipinski definition) is 3. The number of aromatic carboxylic acids is 1. The molecule has 6 nitrogen and oxygen atoms in total. The number of aryl methyl sites for hydroxylation is 1. The maximum atomic E-state index is 12.5. The van der Waals surface area contributed by atoms with Crippen molar-refractivity contribution in [2.45, 2.75) is 33.6 Å². The minimum atomic E-state index is -1.06. The Balaban J connectivity index is 2.03. The van der Waals surface area contributed by atoms with Crippen molar-refractivity contribution in [3.8, 4) is 0 Å². The van der Waals surface area contributed by atoms with Crippen molar-refractivity contribution in [1.82, 2.24) is 4.90 Å². The van der Waals surface area contributed by atoms with Crippen molar-refractivity contribution in [2.75, 3.05) is 18.4 Å². The molecule has 6 heteroatoms. The van der Waals surface area contributed by atoms with Crippen LogP contribution in [0.25, 0.3) is 0 Å². The average Bonchev–Trinajstić information content (AvgIpc) is 2.55. The molecule has 2 amide bonds. The van der Waals surface area contributed by atoms with Crippen molar-refractivity contribution >= 4 is 23.5 Å². The summed E-state index contributed by atoms with van der Waals surface area (Å²) < 4.78 is 0. The van der Waals surface area contributed by atoms with E-state index in [1.165, 1.54) is 6.07 Å². The zero-order valence-electron chi connectivity index (χ0n) is 14.3. The zero-order chi connectivity index (χ0) is 17.9. The number of nitrogens with one attached hydrogen (secondary N) is 1. The first-order valence-corrected chi connectivity index (χ1v) is 8.23. The number of likely N-dealkylation sites (tertiary alicyclic amines) is 1. The fourth-order valence-electron chi connectivity index (χ4n) is 2.96. The Hall–Kier alpha value is -2.37. The van der Waals surface area contributed by atoms with E-state index in [2.05, 4.69) is 5.32 Å². The van der Waals surface area contributed by atoms with E-state index >= 15 is 0 Å². The van der Waals surface area contributed by atoms with Crippen LogP contribution in [-0.4, -0.2) is 40.9 Å². The van der Waals surface area contributed by atoms with Crippen LogP contribution in [0.3, 0.4) is 0 Å². The summed E-state index contributed by atoms with van der Waals surface area (Å²) in [6.07, 6.45) is 1.19. The van der Waals surface area contributed by atoms with Crippen LogP contribution in [0.15, 0.2) is 18.2 Å². The van der Waals surface area contributed by atoms with Gasteiger partial charge in [-0.2, -0.15) is 0 Å². The normalized spacial score (nSPS) is 15.4.